The largest absolute Gasteiger partial charge is 0.444 e. The smallest absolute Gasteiger partial charge is 0.408 e. The van der Waals surface area contributed by atoms with E-state index < -0.39 is 28.8 Å². The second-order valence-corrected chi connectivity index (χ2v) is 7.34. The van der Waals surface area contributed by atoms with Gasteiger partial charge in [0, 0.05) is 12.6 Å². The molecule has 1 aromatic carbocycles. The third-order valence-electron chi connectivity index (χ3n) is 3.44. The van der Waals surface area contributed by atoms with E-state index in [-0.39, 0.29) is 18.7 Å². The van der Waals surface area contributed by atoms with Crippen LogP contribution in [0.2, 0.25) is 0 Å². The molecule has 1 atom stereocenters. The van der Waals surface area contributed by atoms with E-state index in [4.69, 9.17) is 16.3 Å². The van der Waals surface area contributed by atoms with Crippen molar-refractivity contribution in [2.45, 2.75) is 59.1 Å². The standard InChI is InChI=1S/C18H24ClFN2O4/c1-10-12(8-13(9-14(10)20)21-11(2)23)6-7-15(16(19)24)22-17(25)26-18(3,4)5/h8-9,15H,6-7H2,1-5H3,(H,21,23)(H,22,25)/t15-/m0/s1. The number of aryl methyl sites for hydroxylation is 1. The van der Waals surface area contributed by atoms with Crippen molar-refractivity contribution in [2.75, 3.05) is 5.32 Å². The lowest BCUT2D eigenvalue weighted by molar-refractivity contribution is -0.114. The summed E-state index contributed by atoms with van der Waals surface area (Å²) in [5.74, 6) is -0.792. The summed E-state index contributed by atoms with van der Waals surface area (Å²) in [5.41, 5.74) is 0.611. The van der Waals surface area contributed by atoms with E-state index in [1.165, 1.54) is 13.0 Å². The minimum atomic E-state index is -0.974. The Balaban J connectivity index is 2.86. The summed E-state index contributed by atoms with van der Waals surface area (Å²) >= 11 is 5.56. The topological polar surface area (TPSA) is 84.5 Å². The first kappa shape index (κ1) is 21.9. The lowest BCUT2D eigenvalue weighted by atomic mass is 10.00. The van der Waals surface area contributed by atoms with E-state index in [9.17, 15) is 18.8 Å². The number of alkyl carbamates (subject to hydrolysis) is 1. The number of hydrogen-bond donors (Lipinski definition) is 2. The first-order chi connectivity index (χ1) is 11.9. The molecule has 0 aromatic heterocycles. The molecule has 0 aliphatic carbocycles. The Bertz CT molecular complexity index is 701. The predicted octanol–water partition coefficient (Wildman–Crippen LogP) is 3.68. The Labute approximate surface area is 157 Å². The van der Waals surface area contributed by atoms with Crippen LogP contribution in [-0.2, 0) is 20.7 Å². The Morgan fingerprint density at radius 3 is 2.38 bits per heavy atom. The van der Waals surface area contributed by atoms with Gasteiger partial charge in [0.15, 0.2) is 0 Å². The molecule has 2 amide bonds. The number of benzene rings is 1. The molecule has 0 radical (unpaired) electrons. The Kier molecular flexibility index (Phi) is 7.56. The summed E-state index contributed by atoms with van der Waals surface area (Å²) < 4.78 is 19.1. The highest BCUT2D eigenvalue weighted by Crippen LogP contribution is 2.21. The highest BCUT2D eigenvalue weighted by Gasteiger charge is 2.23. The second kappa shape index (κ2) is 8.98. The molecule has 0 bridgehead atoms. The number of amides is 2. The summed E-state index contributed by atoms with van der Waals surface area (Å²) in [7, 11) is 0. The third-order valence-corrected chi connectivity index (χ3v) is 3.70. The average Bonchev–Trinajstić information content (AvgIpc) is 2.45. The molecule has 1 aromatic rings. The number of ether oxygens (including phenoxy) is 1. The maximum atomic E-state index is 14.0. The molecular weight excluding hydrogens is 363 g/mol. The minimum absolute atomic E-state index is 0.158. The Hall–Kier alpha value is -2.15. The SMILES string of the molecule is CC(=O)Nc1cc(F)c(C)c(CC[C@H](NC(=O)OC(C)(C)C)C(=O)Cl)c1. The fourth-order valence-corrected chi connectivity index (χ4v) is 2.43. The fraction of sp³-hybridized carbons (Fsp3) is 0.500. The van der Waals surface area contributed by atoms with Gasteiger partial charge in [0.2, 0.25) is 11.1 Å². The van der Waals surface area contributed by atoms with Gasteiger partial charge in [-0.2, -0.15) is 0 Å². The Morgan fingerprint density at radius 1 is 1.27 bits per heavy atom. The predicted molar refractivity (Wildman–Crippen MR) is 97.8 cm³/mol. The van der Waals surface area contributed by atoms with Gasteiger partial charge in [-0.05, 0) is 75.4 Å². The summed E-state index contributed by atoms with van der Waals surface area (Å²) in [6, 6.07) is 1.88. The van der Waals surface area contributed by atoms with Crippen molar-refractivity contribution in [1.82, 2.24) is 5.32 Å². The van der Waals surface area contributed by atoms with Crippen LogP contribution in [-0.4, -0.2) is 28.9 Å². The number of halogens is 2. The molecule has 6 nitrogen and oxygen atoms in total. The molecule has 0 fully saturated rings. The summed E-state index contributed by atoms with van der Waals surface area (Å²) in [5, 5.41) is 4.19. The van der Waals surface area contributed by atoms with E-state index in [1.54, 1.807) is 33.8 Å². The molecule has 2 N–H and O–H groups in total. The third kappa shape index (κ3) is 7.39. The fourth-order valence-electron chi connectivity index (χ4n) is 2.26. The van der Waals surface area contributed by atoms with Gasteiger partial charge in [0.1, 0.15) is 17.5 Å². The highest BCUT2D eigenvalue weighted by atomic mass is 35.5. The average molecular weight is 387 g/mol. The zero-order valence-electron chi connectivity index (χ0n) is 15.5. The first-order valence-corrected chi connectivity index (χ1v) is 8.52. The van der Waals surface area contributed by atoms with Crippen LogP contribution in [0.15, 0.2) is 12.1 Å². The molecule has 0 aliphatic heterocycles. The molecule has 26 heavy (non-hydrogen) atoms. The van der Waals surface area contributed by atoms with Crippen molar-refractivity contribution in [2.24, 2.45) is 0 Å². The first-order valence-electron chi connectivity index (χ1n) is 8.14. The Morgan fingerprint density at radius 2 is 1.88 bits per heavy atom. The molecule has 0 heterocycles. The van der Waals surface area contributed by atoms with Crippen molar-refractivity contribution >= 4 is 34.5 Å². The summed E-state index contributed by atoms with van der Waals surface area (Å²) in [6.07, 6.45) is -0.327. The van der Waals surface area contributed by atoms with Gasteiger partial charge >= 0.3 is 6.09 Å². The van der Waals surface area contributed by atoms with E-state index in [0.717, 1.165) is 0 Å². The van der Waals surface area contributed by atoms with Crippen LogP contribution in [0.4, 0.5) is 14.9 Å². The minimum Gasteiger partial charge on any atom is -0.444 e. The van der Waals surface area contributed by atoms with Crippen LogP contribution in [0, 0.1) is 12.7 Å². The molecule has 0 spiro atoms. The molecule has 0 saturated carbocycles. The zero-order chi connectivity index (χ0) is 20.1. The highest BCUT2D eigenvalue weighted by molar-refractivity contribution is 6.64. The maximum absolute atomic E-state index is 14.0. The molecule has 1 rings (SSSR count). The molecule has 0 aliphatic rings. The van der Waals surface area contributed by atoms with Crippen LogP contribution in [0.1, 0.15) is 45.2 Å². The van der Waals surface area contributed by atoms with Gasteiger partial charge in [0.25, 0.3) is 0 Å². The van der Waals surface area contributed by atoms with Gasteiger partial charge in [-0.3, -0.25) is 9.59 Å². The van der Waals surface area contributed by atoms with E-state index >= 15 is 0 Å². The molecule has 8 heteroatoms. The maximum Gasteiger partial charge on any atom is 0.408 e. The lowest BCUT2D eigenvalue weighted by Gasteiger charge is -2.22. The van der Waals surface area contributed by atoms with Crippen molar-refractivity contribution in [1.29, 1.82) is 0 Å². The van der Waals surface area contributed by atoms with Gasteiger partial charge in [-0.25, -0.2) is 9.18 Å². The molecule has 144 valence electrons. The normalized spacial score (nSPS) is 12.3. The van der Waals surface area contributed by atoms with Crippen molar-refractivity contribution < 1.29 is 23.5 Å². The molecular formula is C18H24ClFN2O4. The number of carbonyl (C=O) groups is 3. The van der Waals surface area contributed by atoms with Gasteiger partial charge < -0.3 is 15.4 Å². The van der Waals surface area contributed by atoms with Crippen LogP contribution < -0.4 is 10.6 Å². The van der Waals surface area contributed by atoms with E-state index in [2.05, 4.69) is 10.6 Å². The van der Waals surface area contributed by atoms with Gasteiger partial charge in [0.05, 0.1) is 0 Å². The lowest BCUT2D eigenvalue weighted by Crippen LogP contribution is -2.42. The van der Waals surface area contributed by atoms with Crippen LogP contribution in [0.3, 0.4) is 0 Å². The number of hydrogen-bond acceptors (Lipinski definition) is 4. The molecule has 0 unspecified atom stereocenters. The van der Waals surface area contributed by atoms with Crippen LogP contribution in [0.5, 0.6) is 0 Å². The number of rotatable bonds is 6. The quantitative estimate of drug-likeness (QED) is 0.730. The van der Waals surface area contributed by atoms with Gasteiger partial charge in [-0.1, -0.05) is 0 Å². The second-order valence-electron chi connectivity index (χ2n) is 6.96. The monoisotopic (exact) mass is 386 g/mol. The number of carbonyl (C=O) groups excluding carboxylic acids is 3. The van der Waals surface area contributed by atoms with Crippen molar-refractivity contribution in [3.05, 3.63) is 29.1 Å². The number of nitrogens with one attached hydrogen (secondary N) is 2. The number of anilines is 1. The summed E-state index contributed by atoms with van der Waals surface area (Å²) in [6.45, 7) is 8.02. The molecule has 0 saturated heterocycles. The van der Waals surface area contributed by atoms with E-state index in [0.29, 0.717) is 16.8 Å². The van der Waals surface area contributed by atoms with E-state index in [1.807, 2.05) is 0 Å². The summed E-state index contributed by atoms with van der Waals surface area (Å²) in [4.78, 5) is 34.6. The zero-order valence-corrected chi connectivity index (χ0v) is 16.3. The van der Waals surface area contributed by atoms with Crippen molar-refractivity contribution in [3.63, 3.8) is 0 Å². The van der Waals surface area contributed by atoms with Gasteiger partial charge in [-0.15, -0.1) is 0 Å². The van der Waals surface area contributed by atoms with Crippen molar-refractivity contribution in [3.8, 4) is 0 Å². The van der Waals surface area contributed by atoms with Crippen LogP contribution >= 0.6 is 11.6 Å². The van der Waals surface area contributed by atoms with Crippen LogP contribution in [0.25, 0.3) is 0 Å².